The molecule has 2 amide bonds. The Morgan fingerprint density at radius 1 is 1.04 bits per heavy atom. The van der Waals surface area contributed by atoms with Gasteiger partial charge in [0.25, 0.3) is 5.91 Å². The molecule has 2 heterocycles. The predicted molar refractivity (Wildman–Crippen MR) is 96.8 cm³/mol. The van der Waals surface area contributed by atoms with E-state index in [4.69, 9.17) is 0 Å². The van der Waals surface area contributed by atoms with Crippen LogP contribution < -0.4 is 0 Å². The van der Waals surface area contributed by atoms with Crippen LogP contribution in [0.4, 0.5) is 4.39 Å². The molecule has 0 radical (unpaired) electrons. The maximum atomic E-state index is 13.2. The second-order valence-electron chi connectivity index (χ2n) is 6.10. The number of hydrogen-bond donors (Lipinski definition) is 0. The minimum absolute atomic E-state index is 0.0669. The average Bonchev–Trinajstić information content (AvgIpc) is 2.92. The van der Waals surface area contributed by atoms with E-state index in [1.807, 2.05) is 0 Å². The minimum Gasteiger partial charge on any atom is -0.337 e. The highest BCUT2D eigenvalue weighted by molar-refractivity contribution is 5.94. The lowest BCUT2D eigenvalue weighted by Crippen LogP contribution is -2.36. The highest BCUT2D eigenvalue weighted by Gasteiger charge is 2.21. The summed E-state index contributed by atoms with van der Waals surface area (Å²) in [7, 11) is 0. The van der Waals surface area contributed by atoms with Crippen LogP contribution in [0.15, 0.2) is 54.9 Å². The third kappa shape index (κ3) is 4.53. The van der Waals surface area contributed by atoms with Gasteiger partial charge in [-0.1, -0.05) is 12.1 Å². The molecule has 1 aromatic carbocycles. The first-order chi connectivity index (χ1) is 12.6. The molecule has 0 saturated carbocycles. The van der Waals surface area contributed by atoms with Crippen molar-refractivity contribution in [3.63, 3.8) is 0 Å². The summed E-state index contributed by atoms with van der Waals surface area (Å²) in [6.07, 6.45) is 6.95. The number of hydrogen-bond acceptors (Lipinski definition) is 3. The number of carbonyl (C=O) groups excluding carboxylic acids is 2. The Hall–Kier alpha value is -3.02. The zero-order valence-electron chi connectivity index (χ0n) is 14.3. The third-order valence-electron chi connectivity index (χ3n) is 4.27. The van der Waals surface area contributed by atoms with Gasteiger partial charge in [0.2, 0.25) is 5.91 Å². The van der Waals surface area contributed by atoms with Crippen molar-refractivity contribution in [1.29, 1.82) is 0 Å². The molecule has 1 aliphatic heterocycles. The van der Waals surface area contributed by atoms with Gasteiger partial charge in [0.15, 0.2) is 0 Å². The second-order valence-corrected chi connectivity index (χ2v) is 6.10. The lowest BCUT2D eigenvalue weighted by atomic mass is 10.2. The summed E-state index contributed by atoms with van der Waals surface area (Å²) in [4.78, 5) is 32.3. The van der Waals surface area contributed by atoms with Crippen LogP contribution in [0.3, 0.4) is 0 Å². The fourth-order valence-corrected chi connectivity index (χ4v) is 2.90. The minimum atomic E-state index is -0.334. The quantitative estimate of drug-likeness (QED) is 0.797. The smallest absolute Gasteiger partial charge is 0.255 e. The van der Waals surface area contributed by atoms with E-state index in [0.717, 1.165) is 0 Å². The summed E-state index contributed by atoms with van der Waals surface area (Å²) >= 11 is 0. The first-order valence-electron chi connectivity index (χ1n) is 8.55. The van der Waals surface area contributed by atoms with Crippen molar-refractivity contribution in [2.24, 2.45) is 0 Å². The van der Waals surface area contributed by atoms with Crippen LogP contribution in [0, 0.1) is 5.82 Å². The van der Waals surface area contributed by atoms with E-state index in [9.17, 15) is 14.0 Å². The normalized spacial score (nSPS) is 15.1. The molecule has 0 bridgehead atoms. The Balaban J connectivity index is 1.59. The fourth-order valence-electron chi connectivity index (χ4n) is 2.90. The molecule has 1 fully saturated rings. The van der Waals surface area contributed by atoms with Crippen LogP contribution in [-0.4, -0.2) is 52.8 Å². The van der Waals surface area contributed by atoms with Crippen LogP contribution in [0.5, 0.6) is 0 Å². The number of rotatable bonds is 3. The van der Waals surface area contributed by atoms with Gasteiger partial charge in [0.1, 0.15) is 5.82 Å². The molecule has 6 heteroatoms. The maximum Gasteiger partial charge on any atom is 0.255 e. The molecule has 0 spiro atoms. The molecule has 1 aromatic heterocycles. The van der Waals surface area contributed by atoms with Gasteiger partial charge in [0, 0.05) is 44.6 Å². The molecule has 134 valence electrons. The molecule has 5 nitrogen and oxygen atoms in total. The molecule has 0 aliphatic carbocycles. The monoisotopic (exact) mass is 353 g/mol. The lowest BCUT2D eigenvalue weighted by molar-refractivity contribution is -0.125. The van der Waals surface area contributed by atoms with Gasteiger partial charge in [-0.3, -0.25) is 14.6 Å². The molecular formula is C20H20FN3O2. The van der Waals surface area contributed by atoms with Gasteiger partial charge in [-0.25, -0.2) is 4.39 Å². The Morgan fingerprint density at radius 3 is 2.62 bits per heavy atom. The van der Waals surface area contributed by atoms with Crippen molar-refractivity contribution >= 4 is 17.9 Å². The first-order valence-corrected chi connectivity index (χ1v) is 8.55. The molecule has 2 aromatic rings. The summed E-state index contributed by atoms with van der Waals surface area (Å²) in [6, 6.07) is 9.56. The number of halogens is 1. The van der Waals surface area contributed by atoms with Crippen molar-refractivity contribution in [1.82, 2.24) is 14.8 Å². The van der Waals surface area contributed by atoms with Crippen LogP contribution in [0.2, 0.25) is 0 Å². The fraction of sp³-hybridized carbons (Fsp3) is 0.250. The highest BCUT2D eigenvalue weighted by Crippen LogP contribution is 2.10. The van der Waals surface area contributed by atoms with Crippen molar-refractivity contribution < 1.29 is 14.0 Å². The molecule has 0 N–H and O–H groups in total. The molecule has 1 saturated heterocycles. The SMILES string of the molecule is O=C(/C=C/c1cccc(F)c1)N1CCCN(C(=O)c2cccnc2)CC1. The van der Waals surface area contributed by atoms with E-state index in [2.05, 4.69) is 4.98 Å². The lowest BCUT2D eigenvalue weighted by Gasteiger charge is -2.21. The van der Waals surface area contributed by atoms with Crippen LogP contribution in [0.1, 0.15) is 22.3 Å². The van der Waals surface area contributed by atoms with E-state index in [1.165, 1.54) is 18.2 Å². The summed E-state index contributed by atoms with van der Waals surface area (Å²) < 4.78 is 13.2. The summed E-state index contributed by atoms with van der Waals surface area (Å²) in [5, 5.41) is 0. The van der Waals surface area contributed by atoms with Gasteiger partial charge in [-0.15, -0.1) is 0 Å². The molecule has 3 rings (SSSR count). The molecule has 0 unspecified atom stereocenters. The van der Waals surface area contributed by atoms with E-state index < -0.39 is 0 Å². The average molecular weight is 353 g/mol. The molecule has 1 aliphatic rings. The number of nitrogens with zero attached hydrogens (tertiary/aromatic N) is 3. The summed E-state index contributed by atoms with van der Waals surface area (Å²) in [5.41, 5.74) is 1.19. The largest absolute Gasteiger partial charge is 0.337 e. The maximum absolute atomic E-state index is 13.2. The number of pyridine rings is 1. The number of benzene rings is 1. The van der Waals surface area contributed by atoms with Gasteiger partial charge < -0.3 is 9.80 Å². The zero-order chi connectivity index (χ0) is 18.4. The van der Waals surface area contributed by atoms with E-state index in [-0.39, 0.29) is 17.6 Å². The second kappa shape index (κ2) is 8.38. The number of aromatic nitrogens is 1. The Bertz CT molecular complexity index is 808. The van der Waals surface area contributed by atoms with E-state index in [1.54, 1.807) is 52.5 Å². The van der Waals surface area contributed by atoms with Gasteiger partial charge in [-0.2, -0.15) is 0 Å². The predicted octanol–water partition coefficient (Wildman–Crippen LogP) is 2.61. The molecular weight excluding hydrogens is 333 g/mol. The van der Waals surface area contributed by atoms with Gasteiger partial charge in [0.05, 0.1) is 5.56 Å². The van der Waals surface area contributed by atoms with Gasteiger partial charge in [-0.05, 0) is 42.3 Å². The van der Waals surface area contributed by atoms with Crippen LogP contribution in [0.25, 0.3) is 6.08 Å². The van der Waals surface area contributed by atoms with E-state index in [0.29, 0.717) is 43.7 Å². The van der Waals surface area contributed by atoms with Crippen LogP contribution >= 0.6 is 0 Å². The Labute approximate surface area is 151 Å². The molecule has 26 heavy (non-hydrogen) atoms. The third-order valence-corrected chi connectivity index (χ3v) is 4.27. The van der Waals surface area contributed by atoms with Crippen LogP contribution in [-0.2, 0) is 4.79 Å². The van der Waals surface area contributed by atoms with Crippen molar-refractivity contribution in [3.05, 3.63) is 71.8 Å². The zero-order valence-corrected chi connectivity index (χ0v) is 14.3. The highest BCUT2D eigenvalue weighted by atomic mass is 19.1. The van der Waals surface area contributed by atoms with E-state index >= 15 is 0 Å². The first kappa shape index (κ1) is 17.8. The summed E-state index contributed by atoms with van der Waals surface area (Å²) in [5.74, 6) is -0.536. The topological polar surface area (TPSA) is 53.5 Å². The molecule has 0 atom stereocenters. The standard InChI is InChI=1S/C20H20FN3O2/c21-18-6-1-4-16(14-18)7-8-19(25)23-10-3-11-24(13-12-23)20(26)17-5-2-9-22-15-17/h1-2,4-9,14-15H,3,10-13H2/b8-7+. The van der Waals surface area contributed by atoms with Gasteiger partial charge >= 0.3 is 0 Å². The van der Waals surface area contributed by atoms with Crippen molar-refractivity contribution in [2.45, 2.75) is 6.42 Å². The summed E-state index contributed by atoms with van der Waals surface area (Å²) in [6.45, 7) is 2.14. The number of carbonyl (C=O) groups is 2. The Morgan fingerprint density at radius 2 is 1.85 bits per heavy atom. The Kier molecular flexibility index (Phi) is 5.73. The number of amides is 2. The van der Waals surface area contributed by atoms with Crippen molar-refractivity contribution in [3.8, 4) is 0 Å². The van der Waals surface area contributed by atoms with Crippen molar-refractivity contribution in [2.75, 3.05) is 26.2 Å².